The Morgan fingerprint density at radius 2 is 1.54 bits per heavy atom. The van der Waals surface area contributed by atoms with Crippen LogP contribution >= 0.6 is 12.4 Å². The average Bonchev–Trinajstić information content (AvgIpc) is 3.46. The Labute approximate surface area is 159 Å². The highest BCUT2D eigenvalue weighted by molar-refractivity contribution is 6.00. The van der Waals surface area contributed by atoms with Crippen molar-refractivity contribution in [3.8, 4) is 0 Å². The molecule has 2 aromatic carbocycles. The number of para-hydroxylation sites is 1. The van der Waals surface area contributed by atoms with Gasteiger partial charge in [0.25, 0.3) is 5.91 Å². The van der Waals surface area contributed by atoms with Crippen LogP contribution in [-0.4, -0.2) is 24.5 Å². The molecule has 1 fully saturated rings. The average molecular weight is 375 g/mol. The van der Waals surface area contributed by atoms with E-state index in [1.807, 2.05) is 18.2 Å². The number of rotatable bonds is 6. The molecule has 1 unspecified atom stereocenters. The van der Waals surface area contributed by atoms with Gasteiger partial charge in [-0.05, 0) is 55.2 Å². The molecule has 1 aliphatic carbocycles. The number of nitrogens with one attached hydrogen (secondary N) is 3. The number of anilines is 2. The van der Waals surface area contributed by atoms with Crippen molar-refractivity contribution in [2.24, 2.45) is 11.7 Å². The third kappa shape index (κ3) is 5.47. The van der Waals surface area contributed by atoms with E-state index in [0.717, 1.165) is 12.8 Å². The van der Waals surface area contributed by atoms with Crippen LogP contribution in [0.15, 0.2) is 54.6 Å². The zero-order valence-corrected chi connectivity index (χ0v) is 15.1. The Morgan fingerprint density at radius 1 is 0.962 bits per heavy atom. The summed E-state index contributed by atoms with van der Waals surface area (Å²) in [6.07, 6.45) is 2.25. The lowest BCUT2D eigenvalue weighted by Crippen LogP contribution is -2.41. The van der Waals surface area contributed by atoms with Crippen LogP contribution in [0, 0.1) is 5.92 Å². The van der Waals surface area contributed by atoms with Crippen molar-refractivity contribution in [3.63, 3.8) is 0 Å². The summed E-state index contributed by atoms with van der Waals surface area (Å²) in [6, 6.07) is 15.7. The summed E-state index contributed by atoms with van der Waals surface area (Å²) in [4.78, 5) is 24.2. The first-order valence-electron chi connectivity index (χ1n) is 8.40. The number of hydrogen-bond acceptors (Lipinski definition) is 3. The maximum absolute atomic E-state index is 12.3. The van der Waals surface area contributed by atoms with Crippen molar-refractivity contribution < 1.29 is 9.59 Å². The van der Waals surface area contributed by atoms with Gasteiger partial charge >= 0.3 is 6.03 Å². The van der Waals surface area contributed by atoms with Crippen LogP contribution in [0.4, 0.5) is 16.2 Å². The van der Waals surface area contributed by atoms with Crippen LogP contribution in [0.3, 0.4) is 0 Å². The molecular formula is C19H23ClN4O2. The Morgan fingerprint density at radius 3 is 2.08 bits per heavy atom. The molecule has 1 atom stereocenters. The second-order valence-corrected chi connectivity index (χ2v) is 6.18. The molecule has 3 amide bonds. The summed E-state index contributed by atoms with van der Waals surface area (Å²) in [7, 11) is 0. The zero-order chi connectivity index (χ0) is 17.6. The molecule has 1 aliphatic rings. The number of carbonyl (C=O) groups excluding carboxylic acids is 2. The number of urea groups is 1. The molecule has 1 saturated carbocycles. The van der Waals surface area contributed by atoms with Gasteiger partial charge < -0.3 is 21.7 Å². The SMILES string of the molecule is Cl.NCC(NC(=O)c1ccc(NC(=O)Nc2ccccc2)cc1)C1CC1. The maximum Gasteiger partial charge on any atom is 0.323 e. The molecule has 6 nitrogen and oxygen atoms in total. The second-order valence-electron chi connectivity index (χ2n) is 6.18. The van der Waals surface area contributed by atoms with E-state index < -0.39 is 0 Å². The van der Waals surface area contributed by atoms with Gasteiger partial charge in [-0.1, -0.05) is 18.2 Å². The Hall–Kier alpha value is -2.57. The van der Waals surface area contributed by atoms with Crippen LogP contribution in [0.1, 0.15) is 23.2 Å². The molecular weight excluding hydrogens is 352 g/mol. The highest BCUT2D eigenvalue weighted by Gasteiger charge is 2.31. The molecule has 7 heteroatoms. The van der Waals surface area contributed by atoms with Gasteiger partial charge in [0.1, 0.15) is 0 Å². The Balaban J connectivity index is 0.00000243. The van der Waals surface area contributed by atoms with Crippen molar-refractivity contribution in [1.82, 2.24) is 5.32 Å². The van der Waals surface area contributed by atoms with Crippen LogP contribution < -0.4 is 21.7 Å². The Bertz CT molecular complexity index is 733. The molecule has 0 heterocycles. The molecule has 0 saturated heterocycles. The number of amides is 3. The quantitative estimate of drug-likeness (QED) is 0.625. The van der Waals surface area contributed by atoms with E-state index in [0.29, 0.717) is 29.4 Å². The normalized spacial score (nSPS) is 13.9. The summed E-state index contributed by atoms with van der Waals surface area (Å²) in [5, 5.41) is 8.45. The van der Waals surface area contributed by atoms with Gasteiger partial charge in [-0.25, -0.2) is 4.79 Å². The van der Waals surface area contributed by atoms with Gasteiger partial charge in [0.15, 0.2) is 0 Å². The first-order valence-corrected chi connectivity index (χ1v) is 8.40. The number of hydrogen-bond donors (Lipinski definition) is 4. The van der Waals surface area contributed by atoms with Crippen molar-refractivity contribution in [1.29, 1.82) is 0 Å². The number of benzene rings is 2. The number of carbonyl (C=O) groups is 2. The van der Waals surface area contributed by atoms with E-state index in [1.54, 1.807) is 36.4 Å². The summed E-state index contributed by atoms with van der Waals surface area (Å²) in [5.41, 5.74) is 7.59. The molecule has 26 heavy (non-hydrogen) atoms. The molecule has 5 N–H and O–H groups in total. The fourth-order valence-electron chi connectivity index (χ4n) is 2.64. The monoisotopic (exact) mass is 374 g/mol. The predicted octanol–water partition coefficient (Wildman–Crippen LogP) is 3.22. The number of halogens is 1. The fourth-order valence-corrected chi connectivity index (χ4v) is 2.64. The smallest absolute Gasteiger partial charge is 0.323 e. The molecule has 138 valence electrons. The highest BCUT2D eigenvalue weighted by Crippen LogP contribution is 2.32. The van der Waals surface area contributed by atoms with Gasteiger partial charge in [0.2, 0.25) is 0 Å². The van der Waals surface area contributed by atoms with Crippen LogP contribution in [0.5, 0.6) is 0 Å². The van der Waals surface area contributed by atoms with Crippen LogP contribution in [0.2, 0.25) is 0 Å². The number of nitrogens with two attached hydrogens (primary N) is 1. The van der Waals surface area contributed by atoms with Crippen LogP contribution in [0.25, 0.3) is 0 Å². The van der Waals surface area contributed by atoms with Gasteiger partial charge in [0, 0.05) is 29.5 Å². The van der Waals surface area contributed by atoms with Crippen molar-refractivity contribution >= 4 is 35.7 Å². The molecule has 0 spiro atoms. The standard InChI is InChI=1S/C19H22N4O2.ClH/c20-12-17(13-6-7-13)23-18(24)14-8-10-16(11-9-14)22-19(25)21-15-4-2-1-3-5-15;/h1-5,8-11,13,17H,6-7,12,20H2,(H,23,24)(H2,21,22,25);1H. The Kier molecular flexibility index (Phi) is 7.00. The summed E-state index contributed by atoms with van der Waals surface area (Å²) in [6.45, 7) is 0.454. The fraction of sp³-hybridized carbons (Fsp3) is 0.263. The minimum Gasteiger partial charge on any atom is -0.348 e. The second kappa shape index (κ2) is 9.22. The van der Waals surface area contributed by atoms with Gasteiger partial charge in [-0.2, -0.15) is 0 Å². The summed E-state index contributed by atoms with van der Waals surface area (Å²) in [5.74, 6) is 0.374. The van der Waals surface area contributed by atoms with E-state index in [2.05, 4.69) is 16.0 Å². The third-order valence-electron chi connectivity index (χ3n) is 4.20. The minimum atomic E-state index is -0.333. The molecule has 0 aliphatic heterocycles. The lowest BCUT2D eigenvalue weighted by Gasteiger charge is -2.16. The van der Waals surface area contributed by atoms with E-state index in [9.17, 15) is 9.59 Å². The molecule has 0 aromatic heterocycles. The zero-order valence-electron chi connectivity index (χ0n) is 14.3. The third-order valence-corrected chi connectivity index (χ3v) is 4.20. The molecule has 2 aromatic rings. The van der Waals surface area contributed by atoms with E-state index >= 15 is 0 Å². The lowest BCUT2D eigenvalue weighted by molar-refractivity contribution is 0.0933. The van der Waals surface area contributed by atoms with Gasteiger partial charge in [-0.3, -0.25) is 4.79 Å². The van der Waals surface area contributed by atoms with Crippen molar-refractivity contribution in [3.05, 3.63) is 60.2 Å². The van der Waals surface area contributed by atoms with E-state index in [-0.39, 0.29) is 30.4 Å². The van der Waals surface area contributed by atoms with E-state index in [4.69, 9.17) is 5.73 Å². The van der Waals surface area contributed by atoms with Gasteiger partial charge in [-0.15, -0.1) is 12.4 Å². The van der Waals surface area contributed by atoms with Crippen LogP contribution in [-0.2, 0) is 0 Å². The largest absolute Gasteiger partial charge is 0.348 e. The highest BCUT2D eigenvalue weighted by atomic mass is 35.5. The first kappa shape index (κ1) is 19.8. The van der Waals surface area contributed by atoms with Gasteiger partial charge in [0.05, 0.1) is 0 Å². The van der Waals surface area contributed by atoms with E-state index in [1.165, 1.54) is 0 Å². The predicted molar refractivity (Wildman–Crippen MR) is 106 cm³/mol. The molecule has 0 bridgehead atoms. The molecule has 0 radical (unpaired) electrons. The first-order chi connectivity index (χ1) is 12.2. The van der Waals surface area contributed by atoms with Crippen molar-refractivity contribution in [2.45, 2.75) is 18.9 Å². The summed E-state index contributed by atoms with van der Waals surface area (Å²) >= 11 is 0. The lowest BCUT2D eigenvalue weighted by atomic mass is 10.1. The maximum atomic E-state index is 12.3. The molecule has 3 rings (SSSR count). The summed E-state index contributed by atoms with van der Waals surface area (Å²) < 4.78 is 0. The van der Waals surface area contributed by atoms with Crippen molar-refractivity contribution in [2.75, 3.05) is 17.2 Å². The minimum absolute atomic E-state index is 0. The topological polar surface area (TPSA) is 96.2 Å².